The van der Waals surface area contributed by atoms with Crippen LogP contribution in [0.1, 0.15) is 49.9 Å². The van der Waals surface area contributed by atoms with Gasteiger partial charge in [-0.1, -0.05) is 0 Å². The predicted octanol–water partition coefficient (Wildman–Crippen LogP) is 4.61. The zero-order valence-corrected chi connectivity index (χ0v) is 22.7. The molecule has 0 bridgehead atoms. The third-order valence-electron chi connectivity index (χ3n) is 6.05. The molecule has 6 nitrogen and oxygen atoms in total. The van der Waals surface area contributed by atoms with Gasteiger partial charge < -0.3 is 19.2 Å². The van der Waals surface area contributed by atoms with Crippen LogP contribution in [0.5, 0.6) is 11.5 Å². The van der Waals surface area contributed by atoms with Crippen LogP contribution >= 0.6 is 0 Å². The lowest BCUT2D eigenvalue weighted by molar-refractivity contribution is -0.884. The van der Waals surface area contributed by atoms with Gasteiger partial charge >= 0.3 is 0 Å². The van der Waals surface area contributed by atoms with Crippen molar-refractivity contribution in [2.45, 2.75) is 51.9 Å². The zero-order chi connectivity index (χ0) is 25.9. The Morgan fingerprint density at radius 3 is 1.26 bits per heavy atom. The van der Waals surface area contributed by atoms with Gasteiger partial charge in [0.1, 0.15) is 24.6 Å². The maximum absolute atomic E-state index is 10.4. The standard InChI is InChI=1S/C28H42N4O2/c1-27(2,29-17-23-15-21(11-13-25(23)33)19-31(5,6)7)28(3,4)30-18-24-16-22(12-14-26(24)34)20-32(8,9)10/h11-18H,19-20H2,1-10H3/p+2. The Hall–Kier alpha value is -2.70. The van der Waals surface area contributed by atoms with Gasteiger partial charge in [-0.05, 0) is 64.1 Å². The summed E-state index contributed by atoms with van der Waals surface area (Å²) in [6.45, 7) is 9.83. The molecule has 0 spiro atoms. The average molecular weight is 469 g/mol. The molecule has 0 amide bonds. The molecule has 0 aromatic heterocycles. The van der Waals surface area contributed by atoms with Crippen molar-refractivity contribution in [3.63, 3.8) is 0 Å². The molecule has 2 N–H and O–H groups in total. The van der Waals surface area contributed by atoms with E-state index >= 15 is 0 Å². The predicted molar refractivity (Wildman–Crippen MR) is 143 cm³/mol. The molecule has 0 fully saturated rings. The van der Waals surface area contributed by atoms with Gasteiger partial charge in [-0.15, -0.1) is 0 Å². The van der Waals surface area contributed by atoms with Gasteiger partial charge in [-0.3, -0.25) is 9.98 Å². The average Bonchev–Trinajstić information content (AvgIpc) is 2.66. The van der Waals surface area contributed by atoms with Crippen molar-refractivity contribution in [3.8, 4) is 11.5 Å². The first-order valence-corrected chi connectivity index (χ1v) is 11.7. The fourth-order valence-electron chi connectivity index (χ4n) is 3.48. The number of phenolic OH excluding ortho intramolecular Hbond substituents is 2. The first-order valence-electron chi connectivity index (χ1n) is 11.7. The van der Waals surface area contributed by atoms with Gasteiger partial charge in [0.05, 0.1) is 53.4 Å². The molecule has 0 aliphatic heterocycles. The molecule has 6 heteroatoms. The maximum Gasteiger partial charge on any atom is 0.124 e. The van der Waals surface area contributed by atoms with Gasteiger partial charge in [-0.25, -0.2) is 0 Å². The highest BCUT2D eigenvalue weighted by molar-refractivity contribution is 5.85. The molecule has 0 aliphatic carbocycles. The molecular formula is C28H44N4O2+2. The molecule has 2 aromatic carbocycles. The number of aromatic hydroxyl groups is 2. The Morgan fingerprint density at radius 2 is 0.971 bits per heavy atom. The lowest BCUT2D eigenvalue weighted by atomic mass is 9.83. The summed E-state index contributed by atoms with van der Waals surface area (Å²) in [5.41, 5.74) is 2.58. The van der Waals surface area contributed by atoms with Crippen LogP contribution in [0, 0.1) is 0 Å². The summed E-state index contributed by atoms with van der Waals surface area (Å²) >= 11 is 0. The van der Waals surface area contributed by atoms with Crippen LogP contribution in [0.25, 0.3) is 0 Å². The van der Waals surface area contributed by atoms with E-state index in [1.54, 1.807) is 24.6 Å². The Bertz CT molecular complexity index is 970. The van der Waals surface area contributed by atoms with Crippen LogP contribution in [0.3, 0.4) is 0 Å². The molecule has 186 valence electrons. The van der Waals surface area contributed by atoms with Crippen molar-refractivity contribution in [3.05, 3.63) is 58.7 Å². The largest absolute Gasteiger partial charge is 0.507 e. The van der Waals surface area contributed by atoms with Crippen molar-refractivity contribution in [1.29, 1.82) is 0 Å². The van der Waals surface area contributed by atoms with E-state index in [-0.39, 0.29) is 11.5 Å². The van der Waals surface area contributed by atoms with E-state index < -0.39 is 11.1 Å². The van der Waals surface area contributed by atoms with Crippen molar-refractivity contribution in [2.24, 2.45) is 9.98 Å². The second-order valence-electron chi connectivity index (χ2n) is 12.3. The van der Waals surface area contributed by atoms with Crippen molar-refractivity contribution >= 4 is 12.4 Å². The lowest BCUT2D eigenvalue weighted by Crippen LogP contribution is -2.42. The van der Waals surface area contributed by atoms with Gasteiger partial charge in [0.2, 0.25) is 0 Å². The van der Waals surface area contributed by atoms with E-state index in [0.717, 1.165) is 33.2 Å². The van der Waals surface area contributed by atoms with E-state index in [4.69, 9.17) is 9.98 Å². The summed E-state index contributed by atoms with van der Waals surface area (Å²) in [4.78, 5) is 9.66. The number of hydrogen-bond acceptors (Lipinski definition) is 4. The molecule has 0 heterocycles. The van der Waals surface area contributed by atoms with Gasteiger partial charge in [0, 0.05) is 34.7 Å². The minimum Gasteiger partial charge on any atom is -0.507 e. The second-order valence-corrected chi connectivity index (χ2v) is 12.3. The SMILES string of the molecule is CC(C)(N=Cc1cc(C[N+](C)(C)C)ccc1O)C(C)(C)N=Cc1cc(C[N+](C)(C)C)ccc1O. The fourth-order valence-corrected chi connectivity index (χ4v) is 3.48. The van der Waals surface area contributed by atoms with Crippen LogP contribution in [0.15, 0.2) is 46.4 Å². The summed E-state index contributed by atoms with van der Waals surface area (Å²) < 4.78 is 1.61. The molecule has 0 radical (unpaired) electrons. The number of quaternary nitrogens is 2. The highest BCUT2D eigenvalue weighted by atomic mass is 16.3. The molecule has 0 saturated carbocycles. The Morgan fingerprint density at radius 1 is 0.647 bits per heavy atom. The summed E-state index contributed by atoms with van der Waals surface area (Å²) in [6.07, 6.45) is 3.48. The van der Waals surface area contributed by atoms with E-state index in [2.05, 4.69) is 42.3 Å². The summed E-state index contributed by atoms with van der Waals surface area (Å²) in [7, 11) is 12.8. The summed E-state index contributed by atoms with van der Waals surface area (Å²) in [5, 5.41) is 20.7. The Balaban J connectivity index is 2.28. The molecule has 0 aliphatic rings. The van der Waals surface area contributed by atoms with Gasteiger partial charge in [0.15, 0.2) is 0 Å². The van der Waals surface area contributed by atoms with E-state index in [9.17, 15) is 10.2 Å². The number of benzene rings is 2. The van der Waals surface area contributed by atoms with Crippen molar-refractivity contribution in [2.75, 3.05) is 42.3 Å². The number of phenols is 2. The quantitative estimate of drug-likeness (QED) is 0.417. The Kier molecular flexibility index (Phi) is 8.01. The number of rotatable bonds is 9. The number of hydrogen-bond donors (Lipinski definition) is 2. The second kappa shape index (κ2) is 9.88. The lowest BCUT2D eigenvalue weighted by Gasteiger charge is -2.35. The van der Waals surface area contributed by atoms with E-state index in [1.165, 1.54) is 0 Å². The highest BCUT2D eigenvalue weighted by Crippen LogP contribution is 2.30. The van der Waals surface area contributed by atoms with Gasteiger partial charge in [-0.2, -0.15) is 0 Å². The fraction of sp³-hybridized carbons (Fsp3) is 0.500. The molecular weight excluding hydrogens is 424 g/mol. The van der Waals surface area contributed by atoms with Crippen LogP contribution in [-0.2, 0) is 13.1 Å². The number of nitrogens with zero attached hydrogens (tertiary/aromatic N) is 4. The molecule has 34 heavy (non-hydrogen) atoms. The van der Waals surface area contributed by atoms with Crippen LogP contribution < -0.4 is 0 Å². The molecule has 0 saturated heterocycles. The van der Waals surface area contributed by atoms with E-state index in [0.29, 0.717) is 11.1 Å². The highest BCUT2D eigenvalue weighted by Gasteiger charge is 2.36. The first kappa shape index (κ1) is 27.5. The number of aliphatic imine (C=N–C) groups is 2. The van der Waals surface area contributed by atoms with Gasteiger partial charge in [0.25, 0.3) is 0 Å². The van der Waals surface area contributed by atoms with Crippen LogP contribution in [0.4, 0.5) is 0 Å². The zero-order valence-electron chi connectivity index (χ0n) is 22.7. The molecule has 0 atom stereocenters. The minimum absolute atomic E-state index is 0.213. The van der Waals surface area contributed by atoms with Crippen molar-refractivity contribution in [1.82, 2.24) is 0 Å². The maximum atomic E-state index is 10.4. The molecule has 2 aromatic rings. The van der Waals surface area contributed by atoms with Crippen LogP contribution in [0.2, 0.25) is 0 Å². The smallest absolute Gasteiger partial charge is 0.124 e. The topological polar surface area (TPSA) is 65.2 Å². The summed E-state index contributed by atoms with van der Waals surface area (Å²) in [6, 6.07) is 11.4. The molecule has 0 unspecified atom stereocenters. The first-order chi connectivity index (χ1) is 15.4. The third-order valence-corrected chi connectivity index (χ3v) is 6.05. The normalized spacial score (nSPS) is 13.8. The van der Waals surface area contributed by atoms with Crippen LogP contribution in [-0.4, -0.2) is 85.0 Å². The summed E-state index contributed by atoms with van der Waals surface area (Å²) in [5.74, 6) is 0.426. The monoisotopic (exact) mass is 468 g/mol. The van der Waals surface area contributed by atoms with Crippen molar-refractivity contribution < 1.29 is 19.2 Å². The third kappa shape index (κ3) is 7.96. The minimum atomic E-state index is -0.554. The molecule has 2 rings (SSSR count). The van der Waals surface area contributed by atoms with E-state index in [1.807, 2.05) is 52.0 Å². The Labute approximate surface area is 206 Å².